The van der Waals surface area contributed by atoms with Crippen LogP contribution in [0.25, 0.3) is 10.2 Å². The average Bonchev–Trinajstić information content (AvgIpc) is 3.19. The third-order valence-corrected chi connectivity index (χ3v) is 5.44. The number of rotatable bonds is 2. The zero-order chi connectivity index (χ0) is 12.5. The van der Waals surface area contributed by atoms with Crippen LogP contribution in [0.2, 0.25) is 5.15 Å². The molecule has 2 nitrogen and oxygen atoms in total. The number of fused-ring (bicyclic) bond motifs is 1. The van der Waals surface area contributed by atoms with Gasteiger partial charge in [0.1, 0.15) is 15.8 Å². The largest absolute Gasteiger partial charge is 0.222 e. The van der Waals surface area contributed by atoms with Crippen LogP contribution >= 0.6 is 22.9 Å². The summed E-state index contributed by atoms with van der Waals surface area (Å²) >= 11 is 8.12. The summed E-state index contributed by atoms with van der Waals surface area (Å²) in [7, 11) is 0. The van der Waals surface area contributed by atoms with Gasteiger partial charge in [-0.15, -0.1) is 11.3 Å². The van der Waals surface area contributed by atoms with Gasteiger partial charge in [-0.3, -0.25) is 0 Å². The molecule has 2 saturated carbocycles. The molecular weight excluding hydrogens is 264 g/mol. The van der Waals surface area contributed by atoms with Crippen molar-refractivity contribution in [1.29, 1.82) is 0 Å². The standard InChI is InChI=1S/C14H15ClN2S/c1-14(2)5-9(14)12-16-11(15)10-8(7-3-4-7)6-18-13(10)17-12/h6-7,9H,3-5H2,1-2H3. The summed E-state index contributed by atoms with van der Waals surface area (Å²) in [5.41, 5.74) is 1.73. The van der Waals surface area contributed by atoms with Gasteiger partial charge in [0.15, 0.2) is 0 Å². The van der Waals surface area contributed by atoms with Crippen molar-refractivity contribution < 1.29 is 0 Å². The molecule has 2 aliphatic rings. The van der Waals surface area contributed by atoms with Gasteiger partial charge in [0.2, 0.25) is 0 Å². The first kappa shape index (κ1) is 11.2. The van der Waals surface area contributed by atoms with Gasteiger partial charge in [0, 0.05) is 5.92 Å². The molecule has 0 bridgehead atoms. The molecule has 0 aromatic carbocycles. The molecule has 1 atom stereocenters. The van der Waals surface area contributed by atoms with Crippen LogP contribution in [-0.4, -0.2) is 9.97 Å². The zero-order valence-corrected chi connectivity index (χ0v) is 12.1. The summed E-state index contributed by atoms with van der Waals surface area (Å²) in [6.07, 6.45) is 3.76. The van der Waals surface area contributed by atoms with E-state index in [0.29, 0.717) is 22.4 Å². The summed E-state index contributed by atoms with van der Waals surface area (Å²) in [4.78, 5) is 10.4. The third-order valence-electron chi connectivity index (χ3n) is 4.28. The molecule has 0 amide bonds. The Hall–Kier alpha value is -0.670. The maximum absolute atomic E-state index is 6.40. The minimum Gasteiger partial charge on any atom is -0.222 e. The van der Waals surface area contributed by atoms with Crippen LogP contribution in [0.3, 0.4) is 0 Å². The highest BCUT2D eigenvalue weighted by atomic mass is 35.5. The van der Waals surface area contributed by atoms with E-state index in [1.165, 1.54) is 24.8 Å². The topological polar surface area (TPSA) is 25.8 Å². The van der Waals surface area contributed by atoms with Gasteiger partial charge in [-0.05, 0) is 41.5 Å². The van der Waals surface area contributed by atoms with Crippen LogP contribution in [0.1, 0.15) is 56.3 Å². The Labute approximate surface area is 115 Å². The molecule has 0 saturated heterocycles. The Bertz CT molecular complexity index is 643. The fraction of sp³-hybridized carbons (Fsp3) is 0.571. The van der Waals surface area contributed by atoms with Gasteiger partial charge in [-0.2, -0.15) is 0 Å². The fourth-order valence-corrected chi connectivity index (χ4v) is 4.06. The van der Waals surface area contributed by atoms with Crippen molar-refractivity contribution >= 4 is 33.2 Å². The maximum atomic E-state index is 6.40. The van der Waals surface area contributed by atoms with E-state index in [1.807, 2.05) is 0 Å². The van der Waals surface area contributed by atoms with Crippen LogP contribution in [0.5, 0.6) is 0 Å². The number of thiophene rings is 1. The second-order valence-corrected chi connectivity index (χ2v) is 7.48. The van der Waals surface area contributed by atoms with Crippen LogP contribution in [0, 0.1) is 5.41 Å². The van der Waals surface area contributed by atoms with Gasteiger partial charge in [-0.1, -0.05) is 25.4 Å². The van der Waals surface area contributed by atoms with Crippen molar-refractivity contribution in [3.05, 3.63) is 21.9 Å². The van der Waals surface area contributed by atoms with E-state index in [9.17, 15) is 0 Å². The second kappa shape index (κ2) is 3.45. The molecule has 2 aromatic rings. The lowest BCUT2D eigenvalue weighted by atomic mass is 10.1. The highest BCUT2D eigenvalue weighted by Gasteiger charge is 2.48. The lowest BCUT2D eigenvalue weighted by molar-refractivity contribution is 0.609. The van der Waals surface area contributed by atoms with E-state index in [4.69, 9.17) is 16.6 Å². The average molecular weight is 279 g/mol. The molecule has 2 aliphatic carbocycles. The molecule has 0 radical (unpaired) electrons. The Morgan fingerprint density at radius 2 is 2.06 bits per heavy atom. The predicted molar refractivity (Wildman–Crippen MR) is 75.5 cm³/mol. The Balaban J connectivity index is 1.85. The molecular formula is C14H15ClN2S. The summed E-state index contributed by atoms with van der Waals surface area (Å²) < 4.78 is 0. The Morgan fingerprint density at radius 1 is 1.33 bits per heavy atom. The summed E-state index contributed by atoms with van der Waals surface area (Å²) in [6.45, 7) is 4.53. The first-order chi connectivity index (χ1) is 8.56. The monoisotopic (exact) mass is 278 g/mol. The van der Waals surface area contributed by atoms with Crippen LogP contribution < -0.4 is 0 Å². The third kappa shape index (κ3) is 1.60. The van der Waals surface area contributed by atoms with Crippen molar-refractivity contribution in [2.45, 2.75) is 44.9 Å². The lowest BCUT2D eigenvalue weighted by Gasteiger charge is -2.04. The normalized spacial score (nSPS) is 25.6. The molecule has 2 heterocycles. The van der Waals surface area contributed by atoms with Crippen molar-refractivity contribution in [3.8, 4) is 0 Å². The summed E-state index contributed by atoms with van der Waals surface area (Å²) in [5.74, 6) is 2.15. The molecule has 4 rings (SSSR count). The van der Waals surface area contributed by atoms with Gasteiger partial charge >= 0.3 is 0 Å². The molecule has 2 aromatic heterocycles. The van der Waals surface area contributed by atoms with Gasteiger partial charge in [0.05, 0.1) is 5.39 Å². The SMILES string of the molecule is CC1(C)CC1c1nc(Cl)c2c(C3CC3)csc2n1. The van der Waals surface area contributed by atoms with E-state index in [0.717, 1.165) is 16.0 Å². The Morgan fingerprint density at radius 3 is 2.67 bits per heavy atom. The van der Waals surface area contributed by atoms with Crippen LogP contribution in [-0.2, 0) is 0 Å². The van der Waals surface area contributed by atoms with Crippen molar-refractivity contribution in [1.82, 2.24) is 9.97 Å². The molecule has 4 heteroatoms. The molecule has 18 heavy (non-hydrogen) atoms. The molecule has 94 valence electrons. The summed E-state index contributed by atoms with van der Waals surface area (Å²) in [5, 5.41) is 4.01. The van der Waals surface area contributed by atoms with Gasteiger partial charge < -0.3 is 0 Å². The molecule has 0 spiro atoms. The minimum atomic E-state index is 0.355. The van der Waals surface area contributed by atoms with Gasteiger partial charge in [-0.25, -0.2) is 9.97 Å². The van der Waals surface area contributed by atoms with Crippen molar-refractivity contribution in [2.24, 2.45) is 5.41 Å². The molecule has 1 unspecified atom stereocenters. The van der Waals surface area contributed by atoms with Gasteiger partial charge in [0.25, 0.3) is 0 Å². The highest BCUT2D eigenvalue weighted by Crippen LogP contribution is 2.58. The fourth-order valence-electron chi connectivity index (χ4n) is 2.69. The van der Waals surface area contributed by atoms with E-state index in [1.54, 1.807) is 11.3 Å². The quantitative estimate of drug-likeness (QED) is 0.742. The molecule has 0 N–H and O–H groups in total. The smallest absolute Gasteiger partial charge is 0.141 e. The maximum Gasteiger partial charge on any atom is 0.141 e. The minimum absolute atomic E-state index is 0.355. The summed E-state index contributed by atoms with van der Waals surface area (Å²) in [6, 6.07) is 0. The van der Waals surface area contributed by atoms with E-state index in [-0.39, 0.29) is 0 Å². The number of halogens is 1. The molecule has 2 fully saturated rings. The first-order valence-corrected chi connectivity index (χ1v) is 7.76. The highest BCUT2D eigenvalue weighted by molar-refractivity contribution is 7.17. The van der Waals surface area contributed by atoms with Crippen molar-refractivity contribution in [2.75, 3.05) is 0 Å². The lowest BCUT2D eigenvalue weighted by Crippen LogP contribution is -1.98. The van der Waals surface area contributed by atoms with Crippen LogP contribution in [0.15, 0.2) is 5.38 Å². The van der Waals surface area contributed by atoms with Crippen LogP contribution in [0.4, 0.5) is 0 Å². The predicted octanol–water partition coefficient (Wildman–Crippen LogP) is 4.74. The first-order valence-electron chi connectivity index (χ1n) is 6.51. The number of hydrogen-bond acceptors (Lipinski definition) is 3. The molecule has 0 aliphatic heterocycles. The Kier molecular flexibility index (Phi) is 2.15. The zero-order valence-electron chi connectivity index (χ0n) is 10.5. The number of nitrogens with zero attached hydrogens (tertiary/aromatic N) is 2. The van der Waals surface area contributed by atoms with E-state index < -0.39 is 0 Å². The van der Waals surface area contributed by atoms with E-state index in [2.05, 4.69) is 24.2 Å². The number of aromatic nitrogens is 2. The number of hydrogen-bond donors (Lipinski definition) is 0. The van der Waals surface area contributed by atoms with E-state index >= 15 is 0 Å². The van der Waals surface area contributed by atoms with Crippen molar-refractivity contribution in [3.63, 3.8) is 0 Å². The second-order valence-electron chi connectivity index (χ2n) is 6.26.